The Morgan fingerprint density at radius 1 is 1.14 bits per heavy atom. The molecule has 3 N–H and O–H groups in total. The van der Waals surface area contributed by atoms with Crippen molar-refractivity contribution in [3.63, 3.8) is 0 Å². The van der Waals surface area contributed by atoms with E-state index in [9.17, 15) is 14.4 Å². The summed E-state index contributed by atoms with van der Waals surface area (Å²) in [6.07, 6.45) is -1.02. The van der Waals surface area contributed by atoms with Crippen LogP contribution in [0.5, 0.6) is 0 Å². The molecule has 0 aliphatic carbocycles. The first-order valence-electron chi connectivity index (χ1n) is 6.95. The predicted octanol–water partition coefficient (Wildman–Crippen LogP) is 1.52. The second-order valence-electron chi connectivity index (χ2n) is 5.18. The number of anilines is 2. The maximum absolute atomic E-state index is 12.2. The minimum atomic E-state index is -1.06. The van der Waals surface area contributed by atoms with E-state index in [1.807, 2.05) is 0 Å². The Hall–Kier alpha value is -2.41. The number of rotatable bonds is 4. The van der Waals surface area contributed by atoms with Gasteiger partial charge in [0.05, 0.1) is 0 Å². The summed E-state index contributed by atoms with van der Waals surface area (Å²) in [5.41, 5.74) is 1.89. The molecule has 1 fully saturated rings. The van der Waals surface area contributed by atoms with Gasteiger partial charge in [0, 0.05) is 18.3 Å². The van der Waals surface area contributed by atoms with Crippen LogP contribution in [0.25, 0.3) is 0 Å². The van der Waals surface area contributed by atoms with Crippen molar-refractivity contribution in [1.82, 2.24) is 0 Å². The molecule has 0 spiro atoms. The van der Waals surface area contributed by atoms with E-state index in [-0.39, 0.29) is 11.8 Å². The lowest BCUT2D eigenvalue weighted by molar-refractivity contribution is -0.150. The Balaban J connectivity index is 2.06. The quantitative estimate of drug-likeness (QED) is 0.782. The van der Waals surface area contributed by atoms with Gasteiger partial charge in [0.2, 0.25) is 5.91 Å². The third-order valence-corrected chi connectivity index (χ3v) is 3.49. The summed E-state index contributed by atoms with van der Waals surface area (Å²) >= 11 is 0. The number of aliphatic carboxylic acids is 1. The van der Waals surface area contributed by atoms with Crippen molar-refractivity contribution in [2.75, 3.05) is 10.6 Å². The van der Waals surface area contributed by atoms with Crippen LogP contribution in [0.1, 0.15) is 25.3 Å². The van der Waals surface area contributed by atoms with Gasteiger partial charge in [-0.05, 0) is 37.5 Å². The molecule has 1 saturated heterocycles. The molecule has 0 aromatic heterocycles. The Labute approximate surface area is 127 Å². The standard InChI is InChI=1S/C15H18N2O5/c1-8-10(16-9(2)18)4-3-5-11(8)17-14(19)12-6-7-13(22-12)15(20)21/h3-5,12-13H,6-7H2,1-2H3,(H,16,18)(H,17,19)(H,20,21)/t12-,13+/m0/s1. The van der Waals surface area contributed by atoms with Gasteiger partial charge in [-0.3, -0.25) is 9.59 Å². The predicted molar refractivity (Wildman–Crippen MR) is 79.6 cm³/mol. The first kappa shape index (κ1) is 16.0. The Morgan fingerprint density at radius 3 is 2.27 bits per heavy atom. The van der Waals surface area contributed by atoms with Crippen LogP contribution in [-0.4, -0.2) is 35.1 Å². The van der Waals surface area contributed by atoms with Crippen molar-refractivity contribution in [1.29, 1.82) is 0 Å². The molecule has 0 radical (unpaired) electrons. The maximum Gasteiger partial charge on any atom is 0.332 e. The van der Waals surface area contributed by atoms with Gasteiger partial charge in [0.1, 0.15) is 6.10 Å². The second kappa shape index (κ2) is 6.57. The average Bonchev–Trinajstić information content (AvgIpc) is 2.92. The summed E-state index contributed by atoms with van der Waals surface area (Å²) < 4.78 is 5.21. The van der Waals surface area contributed by atoms with Crippen LogP contribution < -0.4 is 10.6 Å². The zero-order valence-electron chi connectivity index (χ0n) is 12.4. The number of hydrogen-bond acceptors (Lipinski definition) is 4. The summed E-state index contributed by atoms with van der Waals surface area (Å²) in [5.74, 6) is -1.64. The number of benzene rings is 1. The minimum absolute atomic E-state index is 0.199. The fourth-order valence-corrected chi connectivity index (χ4v) is 2.32. The third kappa shape index (κ3) is 3.62. The van der Waals surface area contributed by atoms with E-state index in [2.05, 4.69) is 10.6 Å². The molecule has 118 valence electrons. The molecule has 0 saturated carbocycles. The SMILES string of the molecule is CC(=O)Nc1cccc(NC(=O)[C@@H]2CC[C@H](C(=O)O)O2)c1C. The van der Waals surface area contributed by atoms with Crippen molar-refractivity contribution >= 4 is 29.2 Å². The van der Waals surface area contributed by atoms with Crippen LogP contribution in [0.3, 0.4) is 0 Å². The highest BCUT2D eigenvalue weighted by atomic mass is 16.5. The van der Waals surface area contributed by atoms with Gasteiger partial charge in [0.25, 0.3) is 5.91 Å². The lowest BCUT2D eigenvalue weighted by Gasteiger charge is -2.15. The van der Waals surface area contributed by atoms with Gasteiger partial charge < -0.3 is 20.5 Å². The molecule has 1 aromatic carbocycles. The van der Waals surface area contributed by atoms with Crippen molar-refractivity contribution in [3.05, 3.63) is 23.8 Å². The molecule has 0 bridgehead atoms. The second-order valence-corrected chi connectivity index (χ2v) is 5.18. The fraction of sp³-hybridized carbons (Fsp3) is 0.400. The summed E-state index contributed by atoms with van der Waals surface area (Å²) in [7, 11) is 0. The van der Waals surface area contributed by atoms with E-state index >= 15 is 0 Å². The summed E-state index contributed by atoms with van der Waals surface area (Å²) in [5, 5.41) is 14.3. The highest BCUT2D eigenvalue weighted by molar-refractivity contribution is 5.97. The fourth-order valence-electron chi connectivity index (χ4n) is 2.32. The monoisotopic (exact) mass is 306 g/mol. The third-order valence-electron chi connectivity index (χ3n) is 3.49. The van der Waals surface area contributed by atoms with Crippen molar-refractivity contribution in [2.45, 2.75) is 38.9 Å². The molecule has 7 nitrogen and oxygen atoms in total. The van der Waals surface area contributed by atoms with Gasteiger partial charge in [0.15, 0.2) is 6.10 Å². The topological polar surface area (TPSA) is 105 Å². The molecule has 7 heteroatoms. The van der Waals surface area contributed by atoms with E-state index in [1.54, 1.807) is 25.1 Å². The Kier molecular flexibility index (Phi) is 4.77. The zero-order chi connectivity index (χ0) is 16.3. The molecule has 1 aliphatic rings. The number of hydrogen-bond donors (Lipinski definition) is 3. The lowest BCUT2D eigenvalue weighted by atomic mass is 10.1. The molecule has 0 unspecified atom stereocenters. The van der Waals surface area contributed by atoms with Gasteiger partial charge in [-0.2, -0.15) is 0 Å². The molecule has 2 amide bonds. The van der Waals surface area contributed by atoms with Crippen molar-refractivity contribution < 1.29 is 24.2 Å². The number of carboxylic acid groups (broad SMARTS) is 1. The summed E-state index contributed by atoms with van der Waals surface area (Å²) in [6.45, 7) is 3.18. The number of ether oxygens (including phenoxy) is 1. The summed E-state index contributed by atoms with van der Waals surface area (Å²) in [6, 6.07) is 5.16. The van der Waals surface area contributed by atoms with Crippen LogP contribution in [0.2, 0.25) is 0 Å². The Bertz CT molecular complexity index is 614. The smallest absolute Gasteiger partial charge is 0.332 e. The van der Waals surface area contributed by atoms with E-state index < -0.39 is 18.2 Å². The van der Waals surface area contributed by atoms with Crippen LogP contribution in [0, 0.1) is 6.92 Å². The largest absolute Gasteiger partial charge is 0.479 e. The van der Waals surface area contributed by atoms with Gasteiger partial charge in [-0.25, -0.2) is 4.79 Å². The molecule has 22 heavy (non-hydrogen) atoms. The molecular weight excluding hydrogens is 288 g/mol. The maximum atomic E-state index is 12.2. The molecule has 2 atom stereocenters. The first-order valence-corrected chi connectivity index (χ1v) is 6.95. The van der Waals surface area contributed by atoms with Gasteiger partial charge >= 0.3 is 5.97 Å². The highest BCUT2D eigenvalue weighted by Crippen LogP contribution is 2.25. The van der Waals surface area contributed by atoms with Crippen LogP contribution >= 0.6 is 0 Å². The van der Waals surface area contributed by atoms with Crippen molar-refractivity contribution in [3.8, 4) is 0 Å². The zero-order valence-corrected chi connectivity index (χ0v) is 12.4. The normalized spacial score (nSPS) is 20.5. The van der Waals surface area contributed by atoms with E-state index in [0.717, 1.165) is 5.56 Å². The average molecular weight is 306 g/mol. The highest BCUT2D eigenvalue weighted by Gasteiger charge is 2.34. The first-order chi connectivity index (χ1) is 10.4. The van der Waals surface area contributed by atoms with Gasteiger partial charge in [-0.15, -0.1) is 0 Å². The number of carboxylic acids is 1. The minimum Gasteiger partial charge on any atom is -0.479 e. The molecular formula is C15H18N2O5. The molecule has 1 aliphatic heterocycles. The number of amides is 2. The van der Waals surface area contributed by atoms with Crippen LogP contribution in [-0.2, 0) is 19.1 Å². The molecule has 2 rings (SSSR count). The number of nitrogens with one attached hydrogen (secondary N) is 2. The molecule has 1 heterocycles. The van der Waals surface area contributed by atoms with E-state index in [1.165, 1.54) is 6.92 Å². The van der Waals surface area contributed by atoms with E-state index in [4.69, 9.17) is 9.84 Å². The Morgan fingerprint density at radius 2 is 1.73 bits per heavy atom. The van der Waals surface area contributed by atoms with Crippen LogP contribution in [0.4, 0.5) is 11.4 Å². The number of carbonyl (C=O) groups excluding carboxylic acids is 2. The van der Waals surface area contributed by atoms with E-state index in [0.29, 0.717) is 24.2 Å². The van der Waals surface area contributed by atoms with Gasteiger partial charge in [-0.1, -0.05) is 6.07 Å². The van der Waals surface area contributed by atoms with Crippen molar-refractivity contribution in [2.24, 2.45) is 0 Å². The van der Waals surface area contributed by atoms with Crippen LogP contribution in [0.15, 0.2) is 18.2 Å². The summed E-state index contributed by atoms with van der Waals surface area (Å²) in [4.78, 5) is 34.1. The molecule has 1 aromatic rings. The number of carbonyl (C=O) groups is 3. The lowest BCUT2D eigenvalue weighted by Crippen LogP contribution is -2.30.